The highest BCUT2D eigenvalue weighted by molar-refractivity contribution is 6.39. The Morgan fingerprint density at radius 2 is 1.75 bits per heavy atom. The lowest BCUT2D eigenvalue weighted by atomic mass is 10.2. The quantitative estimate of drug-likeness (QED) is 0.621. The minimum Gasteiger partial charge on any atom is -0.379 e. The zero-order valence-corrected chi connectivity index (χ0v) is 12.3. The number of non-ortho nitro benzene ring substituents is 1. The van der Waals surface area contributed by atoms with Gasteiger partial charge >= 0.3 is 0 Å². The van der Waals surface area contributed by atoms with Gasteiger partial charge in [0.15, 0.2) is 0 Å². The molecular formula is C13H9Cl3N2O2. The van der Waals surface area contributed by atoms with Crippen LogP contribution in [0, 0.1) is 10.1 Å². The molecule has 0 saturated carbocycles. The topological polar surface area (TPSA) is 55.2 Å². The second kappa shape index (κ2) is 6.31. The Morgan fingerprint density at radius 3 is 2.30 bits per heavy atom. The molecule has 0 radical (unpaired) electrons. The van der Waals surface area contributed by atoms with Gasteiger partial charge in [0.05, 0.1) is 20.7 Å². The summed E-state index contributed by atoms with van der Waals surface area (Å²) in [7, 11) is 0. The van der Waals surface area contributed by atoms with E-state index in [4.69, 9.17) is 34.8 Å². The second-order valence-electron chi connectivity index (χ2n) is 4.02. The van der Waals surface area contributed by atoms with Gasteiger partial charge in [0.2, 0.25) is 0 Å². The molecule has 0 atom stereocenters. The largest absolute Gasteiger partial charge is 0.379 e. The molecule has 1 N–H and O–H groups in total. The molecule has 104 valence electrons. The summed E-state index contributed by atoms with van der Waals surface area (Å²) in [4.78, 5) is 10.1. The Labute approximate surface area is 130 Å². The Kier molecular flexibility index (Phi) is 4.70. The fourth-order valence-electron chi connectivity index (χ4n) is 1.67. The van der Waals surface area contributed by atoms with Gasteiger partial charge < -0.3 is 5.32 Å². The van der Waals surface area contributed by atoms with Crippen LogP contribution in [0.1, 0.15) is 5.56 Å². The Hall–Kier alpha value is -1.49. The molecule has 0 aliphatic heterocycles. The fourth-order valence-corrected chi connectivity index (χ4v) is 2.49. The van der Waals surface area contributed by atoms with E-state index in [1.54, 1.807) is 6.07 Å². The van der Waals surface area contributed by atoms with E-state index in [2.05, 4.69) is 5.32 Å². The van der Waals surface area contributed by atoms with Crippen LogP contribution in [0.3, 0.4) is 0 Å². The monoisotopic (exact) mass is 330 g/mol. The lowest BCUT2D eigenvalue weighted by Crippen LogP contribution is -2.01. The van der Waals surface area contributed by atoms with Crippen LogP contribution in [0.4, 0.5) is 11.4 Å². The summed E-state index contributed by atoms with van der Waals surface area (Å²) in [5, 5.41) is 14.8. The van der Waals surface area contributed by atoms with Gasteiger partial charge in [-0.3, -0.25) is 10.1 Å². The molecule has 7 heteroatoms. The van der Waals surface area contributed by atoms with Crippen molar-refractivity contribution in [3.05, 3.63) is 67.1 Å². The van der Waals surface area contributed by atoms with Crippen molar-refractivity contribution in [2.24, 2.45) is 0 Å². The molecule has 0 bridgehead atoms. The molecule has 2 aromatic carbocycles. The number of nitro benzene ring substituents is 1. The van der Waals surface area contributed by atoms with Crippen molar-refractivity contribution in [1.82, 2.24) is 0 Å². The molecule has 2 aromatic rings. The van der Waals surface area contributed by atoms with E-state index >= 15 is 0 Å². The number of halogens is 3. The molecule has 0 unspecified atom stereocenters. The van der Waals surface area contributed by atoms with Crippen LogP contribution in [0.2, 0.25) is 15.1 Å². The van der Waals surface area contributed by atoms with Crippen LogP contribution in [0.25, 0.3) is 0 Å². The van der Waals surface area contributed by atoms with E-state index in [1.165, 1.54) is 12.1 Å². The summed E-state index contributed by atoms with van der Waals surface area (Å²) in [6.45, 7) is 0.456. The van der Waals surface area contributed by atoms with Crippen LogP contribution in [0.15, 0.2) is 36.4 Å². The lowest BCUT2D eigenvalue weighted by molar-refractivity contribution is -0.384. The minimum atomic E-state index is -0.543. The molecule has 20 heavy (non-hydrogen) atoms. The fraction of sp³-hybridized carbons (Fsp3) is 0.0769. The third kappa shape index (κ3) is 3.54. The van der Waals surface area contributed by atoms with Gasteiger partial charge in [0.1, 0.15) is 0 Å². The van der Waals surface area contributed by atoms with E-state index in [-0.39, 0.29) is 15.7 Å². The summed E-state index contributed by atoms with van der Waals surface area (Å²) in [5.74, 6) is 0. The van der Waals surface area contributed by atoms with Crippen molar-refractivity contribution in [2.45, 2.75) is 6.54 Å². The van der Waals surface area contributed by atoms with Gasteiger partial charge in [-0.25, -0.2) is 0 Å². The smallest absolute Gasteiger partial charge is 0.272 e. The van der Waals surface area contributed by atoms with Gasteiger partial charge in [-0.2, -0.15) is 0 Å². The number of hydrogen-bond acceptors (Lipinski definition) is 3. The Balaban J connectivity index is 2.20. The van der Waals surface area contributed by atoms with E-state index in [1.807, 2.05) is 18.2 Å². The van der Waals surface area contributed by atoms with E-state index in [9.17, 15) is 10.1 Å². The highest BCUT2D eigenvalue weighted by Crippen LogP contribution is 2.34. The number of rotatable bonds is 4. The molecule has 0 aromatic heterocycles. The molecule has 0 spiro atoms. The van der Waals surface area contributed by atoms with Crippen molar-refractivity contribution in [2.75, 3.05) is 5.32 Å². The van der Waals surface area contributed by atoms with Crippen molar-refractivity contribution >= 4 is 46.2 Å². The van der Waals surface area contributed by atoms with Crippen molar-refractivity contribution in [3.63, 3.8) is 0 Å². The number of nitrogens with zero attached hydrogens (tertiary/aromatic N) is 1. The van der Waals surface area contributed by atoms with Gasteiger partial charge in [-0.15, -0.1) is 0 Å². The maximum atomic E-state index is 10.7. The molecule has 0 heterocycles. The first-order chi connectivity index (χ1) is 9.47. The first kappa shape index (κ1) is 14.9. The number of nitro groups is 1. The van der Waals surface area contributed by atoms with Gasteiger partial charge in [-0.1, -0.05) is 46.9 Å². The van der Waals surface area contributed by atoms with Gasteiger partial charge in [0, 0.05) is 23.7 Å². The van der Waals surface area contributed by atoms with Crippen LogP contribution in [0.5, 0.6) is 0 Å². The average Bonchev–Trinajstić information content (AvgIpc) is 2.37. The number of hydrogen-bond donors (Lipinski definition) is 1. The zero-order valence-electron chi connectivity index (χ0n) is 10.1. The highest BCUT2D eigenvalue weighted by Gasteiger charge is 2.14. The van der Waals surface area contributed by atoms with Crippen molar-refractivity contribution < 1.29 is 4.92 Å². The van der Waals surface area contributed by atoms with Crippen LogP contribution >= 0.6 is 34.8 Å². The second-order valence-corrected chi connectivity index (χ2v) is 5.28. The predicted molar refractivity (Wildman–Crippen MR) is 81.9 cm³/mol. The van der Waals surface area contributed by atoms with Crippen LogP contribution < -0.4 is 5.32 Å². The molecule has 0 fully saturated rings. The minimum absolute atomic E-state index is 0.145. The molecule has 0 aliphatic carbocycles. The summed E-state index contributed by atoms with van der Waals surface area (Å²) < 4.78 is 0. The van der Waals surface area contributed by atoms with E-state index in [0.717, 1.165) is 5.56 Å². The molecule has 0 saturated heterocycles. The normalized spacial score (nSPS) is 10.3. The number of benzene rings is 2. The van der Waals surface area contributed by atoms with Crippen LogP contribution in [-0.2, 0) is 6.54 Å². The van der Waals surface area contributed by atoms with E-state index < -0.39 is 4.92 Å². The average molecular weight is 332 g/mol. The molecule has 0 aliphatic rings. The number of anilines is 1. The maximum Gasteiger partial charge on any atom is 0.272 e. The van der Waals surface area contributed by atoms with Crippen molar-refractivity contribution in [1.29, 1.82) is 0 Å². The molecular weight excluding hydrogens is 323 g/mol. The highest BCUT2D eigenvalue weighted by atomic mass is 35.5. The summed E-state index contributed by atoms with van der Waals surface area (Å²) in [6, 6.07) is 9.82. The Bertz CT molecular complexity index is 639. The molecule has 0 amide bonds. The summed E-state index contributed by atoms with van der Waals surface area (Å²) in [5.41, 5.74) is 1.26. The van der Waals surface area contributed by atoms with Gasteiger partial charge in [0.25, 0.3) is 5.69 Å². The first-order valence-corrected chi connectivity index (χ1v) is 6.72. The zero-order chi connectivity index (χ0) is 14.7. The SMILES string of the molecule is O=[N+]([O-])c1cc(Cl)c(NCc2cccc(Cl)c2)c(Cl)c1. The van der Waals surface area contributed by atoms with Crippen LogP contribution in [-0.4, -0.2) is 4.92 Å². The predicted octanol–water partition coefficient (Wildman–Crippen LogP) is 5.17. The van der Waals surface area contributed by atoms with Crippen molar-refractivity contribution in [3.8, 4) is 0 Å². The molecule has 2 rings (SSSR count). The van der Waals surface area contributed by atoms with E-state index in [0.29, 0.717) is 17.3 Å². The first-order valence-electron chi connectivity index (χ1n) is 5.59. The molecule has 4 nitrogen and oxygen atoms in total. The standard InChI is InChI=1S/C13H9Cl3N2O2/c14-9-3-1-2-8(4-9)7-17-13-11(15)5-10(18(19)20)6-12(13)16/h1-6,17H,7H2. The summed E-state index contributed by atoms with van der Waals surface area (Å²) in [6.07, 6.45) is 0. The van der Waals surface area contributed by atoms with Gasteiger partial charge in [-0.05, 0) is 17.7 Å². The maximum absolute atomic E-state index is 10.7. The number of nitrogens with one attached hydrogen (secondary N) is 1. The lowest BCUT2D eigenvalue weighted by Gasteiger charge is -2.10. The Morgan fingerprint density at radius 1 is 1.10 bits per heavy atom. The third-order valence-electron chi connectivity index (χ3n) is 2.60. The summed E-state index contributed by atoms with van der Waals surface area (Å²) >= 11 is 17.9. The third-order valence-corrected chi connectivity index (χ3v) is 3.43.